The smallest absolute Gasteiger partial charge is 0.207 e. The van der Waals surface area contributed by atoms with E-state index in [4.69, 9.17) is 11.6 Å². The second-order valence-corrected chi connectivity index (χ2v) is 7.05. The maximum Gasteiger partial charge on any atom is 0.250 e. The largest absolute Gasteiger partial charge is 0.250 e. The number of aryl methyl sites for hydroxylation is 1. The van der Waals surface area contributed by atoms with Crippen molar-refractivity contribution in [2.75, 3.05) is 0 Å². The Hall–Kier alpha value is -0.100. The zero-order valence-electron chi connectivity index (χ0n) is 8.29. The Morgan fingerprint density at radius 2 is 2.27 bits per heavy atom. The molecule has 3 nitrogen and oxygen atoms in total. The lowest BCUT2D eigenvalue weighted by Crippen LogP contribution is -2.24. The van der Waals surface area contributed by atoms with Crippen molar-refractivity contribution in [2.24, 2.45) is 0 Å². The van der Waals surface area contributed by atoms with Crippen LogP contribution in [-0.2, 0) is 15.9 Å². The summed E-state index contributed by atoms with van der Waals surface area (Å²) in [6, 6.07) is 1.84. The first kappa shape index (κ1) is 11.4. The standard InChI is InChI=1S/C9H12ClNO2S2/c1-6-4-9(14-8(6)5-10)15(12,13)11-7-2-3-7/h4,7,11H,2-3,5H2,1H3. The summed E-state index contributed by atoms with van der Waals surface area (Å²) < 4.78 is 26.7. The molecule has 0 radical (unpaired) electrons. The Kier molecular flexibility index (Phi) is 3.07. The van der Waals surface area contributed by atoms with E-state index in [2.05, 4.69) is 4.72 Å². The van der Waals surface area contributed by atoms with Crippen LogP contribution in [0.3, 0.4) is 0 Å². The summed E-state index contributed by atoms with van der Waals surface area (Å²) in [5.41, 5.74) is 0.950. The second kappa shape index (κ2) is 4.05. The van der Waals surface area contributed by atoms with Crippen LogP contribution in [0.1, 0.15) is 23.3 Å². The first-order valence-electron chi connectivity index (χ1n) is 4.70. The van der Waals surface area contributed by atoms with E-state index in [9.17, 15) is 8.42 Å². The molecule has 1 aromatic rings. The van der Waals surface area contributed by atoms with Crippen molar-refractivity contribution < 1.29 is 8.42 Å². The van der Waals surface area contributed by atoms with Crippen LogP contribution in [0, 0.1) is 6.92 Å². The van der Waals surface area contributed by atoms with Gasteiger partial charge in [0.25, 0.3) is 0 Å². The van der Waals surface area contributed by atoms with Crippen LogP contribution in [-0.4, -0.2) is 14.5 Å². The average molecular weight is 266 g/mol. The van der Waals surface area contributed by atoms with Crippen molar-refractivity contribution in [3.8, 4) is 0 Å². The Labute approximate surface area is 98.5 Å². The summed E-state index contributed by atoms with van der Waals surface area (Å²) in [7, 11) is -3.30. The van der Waals surface area contributed by atoms with Gasteiger partial charge in [-0.3, -0.25) is 0 Å². The molecule has 0 unspecified atom stereocenters. The molecule has 6 heteroatoms. The zero-order chi connectivity index (χ0) is 11.1. The summed E-state index contributed by atoms with van der Waals surface area (Å²) in [5, 5.41) is 0. The molecule has 1 aliphatic rings. The number of hydrogen-bond donors (Lipinski definition) is 1. The highest BCUT2D eigenvalue weighted by Crippen LogP contribution is 2.29. The molecule has 0 aliphatic heterocycles. The Morgan fingerprint density at radius 1 is 1.60 bits per heavy atom. The van der Waals surface area contributed by atoms with Gasteiger partial charge < -0.3 is 0 Å². The van der Waals surface area contributed by atoms with Crippen LogP contribution in [0.2, 0.25) is 0 Å². The summed E-state index contributed by atoms with van der Waals surface area (Å²) in [6.45, 7) is 1.88. The number of thiophene rings is 1. The fourth-order valence-corrected chi connectivity index (χ4v) is 4.37. The minimum Gasteiger partial charge on any atom is -0.207 e. The van der Waals surface area contributed by atoms with Crippen LogP contribution in [0.4, 0.5) is 0 Å². The van der Waals surface area contributed by atoms with Crippen molar-refractivity contribution in [3.05, 3.63) is 16.5 Å². The molecular weight excluding hydrogens is 254 g/mol. The minimum atomic E-state index is -3.30. The van der Waals surface area contributed by atoms with E-state index in [0.717, 1.165) is 23.3 Å². The number of halogens is 1. The first-order valence-corrected chi connectivity index (χ1v) is 7.54. The molecule has 1 aromatic heterocycles. The maximum atomic E-state index is 11.8. The highest BCUT2D eigenvalue weighted by atomic mass is 35.5. The first-order chi connectivity index (χ1) is 7.03. The van der Waals surface area contributed by atoms with Gasteiger partial charge in [0.15, 0.2) is 0 Å². The molecule has 2 rings (SSSR count). The number of alkyl halides is 1. The van der Waals surface area contributed by atoms with Crippen LogP contribution in [0.15, 0.2) is 10.3 Å². The molecule has 0 atom stereocenters. The number of nitrogens with one attached hydrogen (secondary N) is 1. The van der Waals surface area contributed by atoms with Gasteiger partial charge in [-0.2, -0.15) is 0 Å². The van der Waals surface area contributed by atoms with E-state index in [-0.39, 0.29) is 6.04 Å². The number of sulfonamides is 1. The lowest BCUT2D eigenvalue weighted by Gasteiger charge is -2.00. The molecule has 0 amide bonds. The van der Waals surface area contributed by atoms with Crippen molar-refractivity contribution in [3.63, 3.8) is 0 Å². The van der Waals surface area contributed by atoms with Gasteiger partial charge in [0, 0.05) is 10.9 Å². The lowest BCUT2D eigenvalue weighted by atomic mass is 10.3. The quantitative estimate of drug-likeness (QED) is 0.849. The van der Waals surface area contributed by atoms with E-state index in [1.54, 1.807) is 6.07 Å². The van der Waals surface area contributed by atoms with Gasteiger partial charge >= 0.3 is 0 Å². The third kappa shape index (κ3) is 2.53. The summed E-state index contributed by atoms with van der Waals surface area (Å²) >= 11 is 6.96. The average Bonchev–Trinajstić information content (AvgIpc) is 2.86. The van der Waals surface area contributed by atoms with Gasteiger partial charge in [-0.15, -0.1) is 22.9 Å². The summed E-state index contributed by atoms with van der Waals surface area (Å²) in [5.74, 6) is 0.370. The molecule has 0 aromatic carbocycles. The Balaban J connectivity index is 2.27. The molecular formula is C9H12ClNO2S2. The van der Waals surface area contributed by atoms with Crippen LogP contribution in [0.25, 0.3) is 0 Å². The van der Waals surface area contributed by atoms with Crippen molar-refractivity contribution in [1.29, 1.82) is 0 Å². The van der Waals surface area contributed by atoms with Crippen LogP contribution < -0.4 is 4.72 Å². The molecule has 1 N–H and O–H groups in total. The Morgan fingerprint density at radius 3 is 2.73 bits per heavy atom. The molecule has 1 aliphatic carbocycles. The second-order valence-electron chi connectivity index (χ2n) is 3.70. The monoisotopic (exact) mass is 265 g/mol. The zero-order valence-corrected chi connectivity index (χ0v) is 10.7. The van der Waals surface area contributed by atoms with Gasteiger partial charge in [0.2, 0.25) is 10.0 Å². The van der Waals surface area contributed by atoms with Crippen molar-refractivity contribution in [1.82, 2.24) is 4.72 Å². The lowest BCUT2D eigenvalue weighted by molar-refractivity contribution is 0.583. The predicted molar refractivity (Wildman–Crippen MR) is 62.0 cm³/mol. The molecule has 1 heterocycles. The third-order valence-corrected chi connectivity index (χ3v) is 5.94. The summed E-state index contributed by atoms with van der Waals surface area (Å²) in [6.07, 6.45) is 1.90. The maximum absolute atomic E-state index is 11.8. The van der Waals surface area contributed by atoms with E-state index < -0.39 is 10.0 Å². The molecule has 1 fully saturated rings. The van der Waals surface area contributed by atoms with Gasteiger partial charge in [-0.05, 0) is 31.4 Å². The molecule has 0 saturated heterocycles. The molecule has 15 heavy (non-hydrogen) atoms. The normalized spacial score (nSPS) is 16.9. The highest BCUT2D eigenvalue weighted by Gasteiger charge is 2.29. The summed E-state index contributed by atoms with van der Waals surface area (Å²) in [4.78, 5) is 0.924. The van der Waals surface area contributed by atoms with Gasteiger partial charge in [-0.25, -0.2) is 13.1 Å². The Bertz CT molecular complexity index is 462. The predicted octanol–water partition coefficient (Wildman–Crippen LogP) is 2.24. The minimum absolute atomic E-state index is 0.150. The molecule has 0 spiro atoms. The molecule has 84 valence electrons. The number of hydrogen-bond acceptors (Lipinski definition) is 3. The van der Waals surface area contributed by atoms with Gasteiger partial charge in [0.05, 0.1) is 5.88 Å². The van der Waals surface area contributed by atoms with E-state index in [0.29, 0.717) is 10.1 Å². The third-order valence-electron chi connectivity index (χ3n) is 2.28. The van der Waals surface area contributed by atoms with E-state index in [1.807, 2.05) is 6.92 Å². The SMILES string of the molecule is Cc1cc(S(=O)(=O)NC2CC2)sc1CCl. The van der Waals surface area contributed by atoms with Crippen LogP contribution >= 0.6 is 22.9 Å². The number of rotatable bonds is 4. The fraction of sp³-hybridized carbons (Fsp3) is 0.556. The van der Waals surface area contributed by atoms with Crippen molar-refractivity contribution in [2.45, 2.75) is 35.9 Å². The molecule has 0 bridgehead atoms. The fourth-order valence-electron chi connectivity index (χ4n) is 1.23. The van der Waals surface area contributed by atoms with E-state index in [1.165, 1.54) is 11.3 Å². The topological polar surface area (TPSA) is 46.2 Å². The van der Waals surface area contributed by atoms with Crippen molar-refractivity contribution >= 4 is 33.0 Å². The van der Waals surface area contributed by atoms with Gasteiger partial charge in [-0.1, -0.05) is 0 Å². The van der Waals surface area contributed by atoms with E-state index >= 15 is 0 Å². The highest BCUT2D eigenvalue weighted by molar-refractivity contribution is 7.91. The van der Waals surface area contributed by atoms with Gasteiger partial charge in [0.1, 0.15) is 4.21 Å². The van der Waals surface area contributed by atoms with Crippen LogP contribution in [0.5, 0.6) is 0 Å². The molecule has 1 saturated carbocycles.